The lowest BCUT2D eigenvalue weighted by Gasteiger charge is -2.17. The quantitative estimate of drug-likeness (QED) is 0.178. The molecule has 0 aliphatic heterocycles. The van der Waals surface area contributed by atoms with Gasteiger partial charge in [-0.2, -0.15) is 0 Å². The van der Waals surface area contributed by atoms with E-state index in [-0.39, 0.29) is 0 Å². The molecular formula is C41H24BrN. The number of aromatic nitrogens is 1. The van der Waals surface area contributed by atoms with Gasteiger partial charge in [-0.25, -0.2) is 4.98 Å². The second-order valence-electron chi connectivity index (χ2n) is 11.2. The highest BCUT2D eigenvalue weighted by Crippen LogP contribution is 2.43. The topological polar surface area (TPSA) is 12.9 Å². The third kappa shape index (κ3) is 3.73. The predicted molar refractivity (Wildman–Crippen MR) is 188 cm³/mol. The SMILES string of the molecule is Brc1ccc(-c2nc3ccccc3c3c2cc(-c2ccc4c5ccccc5c5ccccc5c4c2)c2ccccc23)cc1. The third-order valence-electron chi connectivity index (χ3n) is 8.88. The van der Waals surface area contributed by atoms with Gasteiger partial charge < -0.3 is 0 Å². The molecule has 0 unspecified atom stereocenters. The maximum Gasteiger partial charge on any atom is 0.0788 e. The molecular weight excluding hydrogens is 586 g/mol. The molecule has 0 fully saturated rings. The van der Waals surface area contributed by atoms with Crippen LogP contribution in [0, 0.1) is 0 Å². The van der Waals surface area contributed by atoms with Crippen LogP contribution in [-0.4, -0.2) is 4.98 Å². The highest BCUT2D eigenvalue weighted by atomic mass is 79.9. The zero-order chi connectivity index (χ0) is 28.5. The molecule has 200 valence electrons. The fourth-order valence-electron chi connectivity index (χ4n) is 6.96. The van der Waals surface area contributed by atoms with Crippen LogP contribution < -0.4 is 0 Å². The second kappa shape index (κ2) is 9.49. The van der Waals surface area contributed by atoms with Crippen molar-refractivity contribution in [3.05, 3.63) is 150 Å². The molecule has 0 N–H and O–H groups in total. The van der Waals surface area contributed by atoms with Gasteiger partial charge in [0.25, 0.3) is 0 Å². The van der Waals surface area contributed by atoms with Crippen LogP contribution in [0.4, 0.5) is 0 Å². The van der Waals surface area contributed by atoms with Gasteiger partial charge in [-0.1, -0.05) is 131 Å². The number of hydrogen-bond acceptors (Lipinski definition) is 1. The van der Waals surface area contributed by atoms with Crippen LogP contribution in [0.3, 0.4) is 0 Å². The van der Waals surface area contributed by atoms with Crippen molar-refractivity contribution in [2.75, 3.05) is 0 Å². The minimum Gasteiger partial charge on any atom is -0.247 e. The molecule has 0 amide bonds. The Labute approximate surface area is 257 Å². The molecule has 1 heterocycles. The van der Waals surface area contributed by atoms with Crippen molar-refractivity contribution in [3.8, 4) is 22.4 Å². The number of benzene rings is 8. The summed E-state index contributed by atoms with van der Waals surface area (Å²) in [7, 11) is 0. The largest absolute Gasteiger partial charge is 0.247 e. The lowest BCUT2D eigenvalue weighted by Crippen LogP contribution is -1.93. The zero-order valence-corrected chi connectivity index (χ0v) is 24.8. The maximum atomic E-state index is 5.25. The molecule has 0 atom stereocenters. The summed E-state index contributed by atoms with van der Waals surface area (Å²) in [6.07, 6.45) is 0. The van der Waals surface area contributed by atoms with E-state index < -0.39 is 0 Å². The number of para-hydroxylation sites is 1. The smallest absolute Gasteiger partial charge is 0.0788 e. The van der Waals surface area contributed by atoms with E-state index >= 15 is 0 Å². The first-order chi connectivity index (χ1) is 21.2. The molecule has 0 aliphatic carbocycles. The number of fused-ring (bicyclic) bond motifs is 11. The molecule has 8 aromatic carbocycles. The molecule has 1 nitrogen and oxygen atoms in total. The molecule has 0 aliphatic rings. The number of hydrogen-bond donors (Lipinski definition) is 0. The van der Waals surface area contributed by atoms with E-state index in [1.54, 1.807) is 0 Å². The molecule has 0 spiro atoms. The van der Waals surface area contributed by atoms with Crippen molar-refractivity contribution in [1.82, 2.24) is 4.98 Å². The minimum atomic E-state index is 1.01. The van der Waals surface area contributed by atoms with Gasteiger partial charge >= 0.3 is 0 Å². The van der Waals surface area contributed by atoms with Gasteiger partial charge in [-0.05, 0) is 84.5 Å². The molecule has 0 saturated heterocycles. The van der Waals surface area contributed by atoms with Gasteiger partial charge in [0.15, 0.2) is 0 Å². The summed E-state index contributed by atoms with van der Waals surface area (Å²) in [5.74, 6) is 0. The summed E-state index contributed by atoms with van der Waals surface area (Å²) < 4.78 is 1.06. The fraction of sp³-hybridized carbons (Fsp3) is 0. The molecule has 0 saturated carbocycles. The molecule has 9 rings (SSSR count). The molecule has 9 aromatic rings. The number of halogens is 1. The van der Waals surface area contributed by atoms with E-state index in [1.807, 2.05) is 0 Å². The number of nitrogens with zero attached hydrogens (tertiary/aromatic N) is 1. The van der Waals surface area contributed by atoms with E-state index in [9.17, 15) is 0 Å². The Hall–Kier alpha value is -5.05. The average molecular weight is 611 g/mol. The van der Waals surface area contributed by atoms with Gasteiger partial charge in [0.2, 0.25) is 0 Å². The predicted octanol–water partition coefficient (Wildman–Crippen LogP) is 12.1. The van der Waals surface area contributed by atoms with Gasteiger partial charge in [-0.3, -0.25) is 0 Å². The van der Waals surface area contributed by atoms with Gasteiger partial charge in [0.1, 0.15) is 0 Å². The Morgan fingerprint density at radius 3 is 1.56 bits per heavy atom. The first-order valence-corrected chi connectivity index (χ1v) is 15.4. The van der Waals surface area contributed by atoms with Crippen LogP contribution in [0.5, 0.6) is 0 Å². The molecule has 43 heavy (non-hydrogen) atoms. The van der Waals surface area contributed by atoms with Gasteiger partial charge in [0.05, 0.1) is 11.2 Å². The summed E-state index contributed by atoms with van der Waals surface area (Å²) >= 11 is 3.61. The number of rotatable bonds is 2. The van der Waals surface area contributed by atoms with Crippen LogP contribution in [0.1, 0.15) is 0 Å². The van der Waals surface area contributed by atoms with E-state index in [0.29, 0.717) is 0 Å². The Bertz CT molecular complexity index is 2530. The second-order valence-corrected chi connectivity index (χ2v) is 12.1. The Morgan fingerprint density at radius 2 is 0.884 bits per heavy atom. The van der Waals surface area contributed by atoms with E-state index in [0.717, 1.165) is 26.6 Å². The fourth-order valence-corrected chi connectivity index (χ4v) is 7.22. The Balaban J connectivity index is 1.43. The van der Waals surface area contributed by atoms with E-state index in [4.69, 9.17) is 4.98 Å². The van der Waals surface area contributed by atoms with Crippen LogP contribution in [-0.2, 0) is 0 Å². The lowest BCUT2D eigenvalue weighted by molar-refractivity contribution is 1.43. The Morgan fingerprint density at radius 1 is 0.372 bits per heavy atom. The van der Waals surface area contributed by atoms with Crippen molar-refractivity contribution < 1.29 is 0 Å². The van der Waals surface area contributed by atoms with Crippen LogP contribution in [0.25, 0.3) is 87.1 Å². The Kier molecular flexibility index (Phi) is 5.41. The van der Waals surface area contributed by atoms with E-state index in [2.05, 4.69) is 162 Å². The van der Waals surface area contributed by atoms with Crippen LogP contribution >= 0.6 is 15.9 Å². The summed E-state index contributed by atoms with van der Waals surface area (Å²) in [6, 6.07) is 52.8. The van der Waals surface area contributed by atoms with Crippen molar-refractivity contribution in [1.29, 1.82) is 0 Å². The lowest BCUT2D eigenvalue weighted by atomic mass is 9.88. The summed E-state index contributed by atoms with van der Waals surface area (Å²) in [6.45, 7) is 0. The number of pyridine rings is 1. The summed E-state index contributed by atoms with van der Waals surface area (Å²) in [4.78, 5) is 5.25. The third-order valence-corrected chi connectivity index (χ3v) is 9.41. The first-order valence-electron chi connectivity index (χ1n) is 14.6. The van der Waals surface area contributed by atoms with Crippen molar-refractivity contribution in [2.45, 2.75) is 0 Å². The molecule has 2 heteroatoms. The standard InChI is InChI=1S/C41H24BrN/c42-27-20-17-25(18-21-27)41-38-24-36(32-13-5-6-14-34(32)40(38)35-15-7-8-16-39(35)43-41)26-19-22-33-30-11-2-1-9-28(30)29-10-3-4-12-31(29)37(33)23-26/h1-24H. The van der Waals surface area contributed by atoms with Gasteiger partial charge in [-0.15, -0.1) is 0 Å². The summed E-state index contributed by atoms with van der Waals surface area (Å²) in [5.41, 5.74) is 5.55. The maximum absolute atomic E-state index is 5.25. The van der Waals surface area contributed by atoms with Crippen LogP contribution in [0.15, 0.2) is 150 Å². The normalized spacial score (nSPS) is 11.8. The monoisotopic (exact) mass is 609 g/mol. The van der Waals surface area contributed by atoms with E-state index in [1.165, 1.54) is 65.0 Å². The molecule has 0 bridgehead atoms. The molecule has 1 aromatic heterocycles. The summed E-state index contributed by atoms with van der Waals surface area (Å²) in [5, 5.41) is 13.8. The average Bonchev–Trinajstić information content (AvgIpc) is 3.07. The highest BCUT2D eigenvalue weighted by molar-refractivity contribution is 9.10. The minimum absolute atomic E-state index is 1.01. The van der Waals surface area contributed by atoms with Crippen LogP contribution in [0.2, 0.25) is 0 Å². The van der Waals surface area contributed by atoms with Crippen molar-refractivity contribution in [3.63, 3.8) is 0 Å². The molecule has 0 radical (unpaired) electrons. The highest BCUT2D eigenvalue weighted by Gasteiger charge is 2.17. The van der Waals surface area contributed by atoms with Gasteiger partial charge in [0, 0.05) is 26.2 Å². The first kappa shape index (κ1) is 24.5. The van der Waals surface area contributed by atoms with Crippen molar-refractivity contribution >= 4 is 80.7 Å². The zero-order valence-electron chi connectivity index (χ0n) is 23.2. The van der Waals surface area contributed by atoms with Crippen molar-refractivity contribution in [2.24, 2.45) is 0 Å².